The van der Waals surface area contributed by atoms with E-state index in [0.29, 0.717) is 16.9 Å². The molecule has 1 atom stereocenters. The van der Waals surface area contributed by atoms with Crippen LogP contribution in [0.3, 0.4) is 0 Å². The van der Waals surface area contributed by atoms with Crippen molar-refractivity contribution in [1.82, 2.24) is 15.1 Å². The van der Waals surface area contributed by atoms with Crippen molar-refractivity contribution >= 4 is 17.7 Å². The molecule has 0 N–H and O–H groups in total. The van der Waals surface area contributed by atoms with Crippen LogP contribution in [0.15, 0.2) is 33.9 Å². The van der Waals surface area contributed by atoms with Gasteiger partial charge in [-0.3, -0.25) is 4.79 Å². The molecule has 0 aliphatic heterocycles. The highest BCUT2D eigenvalue weighted by Gasteiger charge is 2.27. The third-order valence-electron chi connectivity index (χ3n) is 3.74. The number of para-hydroxylation sites is 1. The van der Waals surface area contributed by atoms with E-state index < -0.39 is 0 Å². The quantitative estimate of drug-likeness (QED) is 0.696. The topological polar surface area (TPSA) is 68.5 Å². The number of ether oxygens (including phenoxy) is 1. The van der Waals surface area contributed by atoms with Crippen LogP contribution in [-0.2, 0) is 4.79 Å². The van der Waals surface area contributed by atoms with E-state index in [0.717, 1.165) is 5.56 Å². The van der Waals surface area contributed by atoms with Crippen molar-refractivity contribution in [3.63, 3.8) is 0 Å². The molecule has 1 unspecified atom stereocenters. The monoisotopic (exact) mass is 363 g/mol. The number of benzene rings is 1. The summed E-state index contributed by atoms with van der Waals surface area (Å²) in [5, 5.41) is 8.20. The number of hydrogen-bond acceptors (Lipinski definition) is 6. The Labute approximate surface area is 152 Å². The largest absolute Gasteiger partial charge is 0.496 e. The van der Waals surface area contributed by atoms with E-state index in [2.05, 4.69) is 10.2 Å². The van der Waals surface area contributed by atoms with Gasteiger partial charge in [-0.25, -0.2) is 0 Å². The van der Waals surface area contributed by atoms with E-state index in [1.165, 1.54) is 11.8 Å². The average Bonchev–Trinajstić information content (AvgIpc) is 3.02. The molecule has 136 valence electrons. The first kappa shape index (κ1) is 19.3. The van der Waals surface area contributed by atoms with E-state index in [4.69, 9.17) is 9.15 Å². The molecular formula is C18H25N3O3S. The van der Waals surface area contributed by atoms with Gasteiger partial charge >= 0.3 is 0 Å². The van der Waals surface area contributed by atoms with E-state index in [9.17, 15) is 4.79 Å². The minimum atomic E-state index is -0.309. The fourth-order valence-electron chi connectivity index (χ4n) is 2.70. The maximum atomic E-state index is 12.7. The maximum Gasteiger partial charge on any atom is 0.277 e. The molecule has 0 saturated heterocycles. The Morgan fingerprint density at radius 1 is 1.12 bits per heavy atom. The number of nitrogens with zero attached hydrogens (tertiary/aromatic N) is 3. The van der Waals surface area contributed by atoms with E-state index in [1.54, 1.807) is 7.11 Å². The molecule has 1 aromatic carbocycles. The molecule has 6 nitrogen and oxygen atoms in total. The van der Waals surface area contributed by atoms with Crippen molar-refractivity contribution in [2.24, 2.45) is 0 Å². The van der Waals surface area contributed by atoms with E-state index in [-0.39, 0.29) is 23.2 Å². The van der Waals surface area contributed by atoms with Crippen molar-refractivity contribution in [2.45, 2.75) is 57.2 Å². The Kier molecular flexibility index (Phi) is 6.47. The Balaban J connectivity index is 2.14. The molecule has 1 amide bonds. The van der Waals surface area contributed by atoms with E-state index >= 15 is 0 Å². The molecule has 0 aliphatic rings. The highest BCUT2D eigenvalue weighted by atomic mass is 32.2. The average molecular weight is 363 g/mol. The summed E-state index contributed by atoms with van der Waals surface area (Å²) >= 11 is 1.27. The Hall–Kier alpha value is -2.02. The fourth-order valence-corrected chi connectivity index (χ4v) is 3.44. The van der Waals surface area contributed by atoms with Crippen molar-refractivity contribution < 1.29 is 13.9 Å². The molecule has 7 heteroatoms. The predicted molar refractivity (Wildman–Crippen MR) is 98.7 cm³/mol. The Morgan fingerprint density at radius 2 is 1.76 bits per heavy atom. The molecule has 0 spiro atoms. The standard InChI is InChI=1S/C18H25N3O3S/c1-11(2)21(12(3)4)17(22)13(5)25-18-20-19-16(24-18)14-9-7-8-10-15(14)23-6/h7-13H,1-6H3. The lowest BCUT2D eigenvalue weighted by molar-refractivity contribution is -0.133. The lowest BCUT2D eigenvalue weighted by atomic mass is 10.2. The van der Waals surface area contributed by atoms with Crippen molar-refractivity contribution in [3.8, 4) is 17.2 Å². The summed E-state index contributed by atoms with van der Waals surface area (Å²) in [7, 11) is 1.60. The second-order valence-corrected chi connectivity index (χ2v) is 7.56. The summed E-state index contributed by atoms with van der Waals surface area (Å²) in [6.45, 7) is 9.92. The normalized spacial score (nSPS) is 12.5. The van der Waals surface area contributed by atoms with Crippen LogP contribution in [0.25, 0.3) is 11.5 Å². The summed E-state index contributed by atoms with van der Waals surface area (Å²) in [4.78, 5) is 14.6. The third kappa shape index (κ3) is 4.54. The summed E-state index contributed by atoms with van der Waals surface area (Å²) < 4.78 is 11.0. The predicted octanol–water partition coefficient (Wildman–Crippen LogP) is 3.87. The number of carbonyl (C=O) groups excluding carboxylic acids is 1. The number of amides is 1. The highest BCUT2D eigenvalue weighted by Crippen LogP contribution is 2.32. The van der Waals surface area contributed by atoms with Crippen LogP contribution in [0.5, 0.6) is 5.75 Å². The summed E-state index contributed by atoms with van der Waals surface area (Å²) in [5.41, 5.74) is 0.731. The smallest absolute Gasteiger partial charge is 0.277 e. The number of methoxy groups -OCH3 is 1. The first-order valence-corrected chi connectivity index (χ1v) is 9.18. The number of hydrogen-bond donors (Lipinski definition) is 0. The van der Waals surface area contributed by atoms with Crippen LogP contribution < -0.4 is 4.74 Å². The van der Waals surface area contributed by atoms with Gasteiger partial charge in [-0.1, -0.05) is 23.9 Å². The molecule has 1 aromatic heterocycles. The zero-order valence-corrected chi connectivity index (χ0v) is 16.3. The molecule has 0 bridgehead atoms. The minimum Gasteiger partial charge on any atom is -0.496 e. The molecule has 0 saturated carbocycles. The zero-order valence-electron chi connectivity index (χ0n) is 15.5. The third-order valence-corrected chi connectivity index (χ3v) is 4.66. The van der Waals surface area contributed by atoms with Crippen molar-refractivity contribution in [2.75, 3.05) is 7.11 Å². The molecular weight excluding hydrogens is 338 g/mol. The van der Waals surface area contributed by atoms with Gasteiger partial charge in [0.1, 0.15) is 5.75 Å². The molecule has 25 heavy (non-hydrogen) atoms. The van der Waals surface area contributed by atoms with Gasteiger partial charge in [-0.2, -0.15) is 0 Å². The lowest BCUT2D eigenvalue weighted by Gasteiger charge is -2.32. The zero-order chi connectivity index (χ0) is 18.6. The number of aromatic nitrogens is 2. The van der Waals surface area contributed by atoms with Crippen LogP contribution in [0.1, 0.15) is 34.6 Å². The van der Waals surface area contributed by atoms with Gasteiger partial charge in [0.15, 0.2) is 0 Å². The first-order chi connectivity index (χ1) is 11.8. The number of carbonyl (C=O) groups is 1. The van der Waals surface area contributed by atoms with Gasteiger partial charge in [0.2, 0.25) is 5.91 Å². The molecule has 2 aromatic rings. The molecule has 0 fully saturated rings. The van der Waals surface area contributed by atoms with Gasteiger partial charge in [-0.15, -0.1) is 10.2 Å². The van der Waals surface area contributed by atoms with Crippen molar-refractivity contribution in [1.29, 1.82) is 0 Å². The van der Waals surface area contributed by atoms with E-state index in [1.807, 2.05) is 63.8 Å². The second-order valence-electron chi connectivity index (χ2n) is 6.27. The SMILES string of the molecule is COc1ccccc1-c1nnc(SC(C)C(=O)N(C(C)C)C(C)C)o1. The van der Waals surface area contributed by atoms with Gasteiger partial charge in [0, 0.05) is 12.1 Å². The van der Waals surface area contributed by atoms with Crippen molar-refractivity contribution in [3.05, 3.63) is 24.3 Å². The van der Waals surface area contributed by atoms with Crippen LogP contribution in [0, 0.1) is 0 Å². The van der Waals surface area contributed by atoms with Gasteiger partial charge in [0.25, 0.3) is 11.1 Å². The minimum absolute atomic E-state index is 0.0621. The molecule has 0 aliphatic carbocycles. The number of thioether (sulfide) groups is 1. The second kappa shape index (κ2) is 8.38. The van der Waals surface area contributed by atoms with Gasteiger partial charge < -0.3 is 14.1 Å². The molecule has 2 rings (SSSR count). The Morgan fingerprint density at radius 3 is 2.36 bits per heavy atom. The highest BCUT2D eigenvalue weighted by molar-refractivity contribution is 8.00. The molecule has 0 radical (unpaired) electrons. The summed E-state index contributed by atoms with van der Waals surface area (Å²) in [6, 6.07) is 7.73. The van der Waals surface area contributed by atoms with Crippen LogP contribution in [0.2, 0.25) is 0 Å². The number of rotatable bonds is 7. The summed E-state index contributed by atoms with van der Waals surface area (Å²) in [6.07, 6.45) is 0. The summed E-state index contributed by atoms with van der Waals surface area (Å²) in [5.74, 6) is 1.11. The molecule has 1 heterocycles. The fraction of sp³-hybridized carbons (Fsp3) is 0.500. The Bertz CT molecular complexity index is 707. The van der Waals surface area contributed by atoms with Crippen LogP contribution in [0.4, 0.5) is 0 Å². The van der Waals surface area contributed by atoms with Gasteiger partial charge in [0.05, 0.1) is 17.9 Å². The lowest BCUT2D eigenvalue weighted by Crippen LogP contribution is -2.45. The van der Waals surface area contributed by atoms with Gasteiger partial charge in [-0.05, 0) is 46.8 Å². The first-order valence-electron chi connectivity index (χ1n) is 8.30. The van der Waals surface area contributed by atoms with Crippen LogP contribution >= 0.6 is 11.8 Å². The van der Waals surface area contributed by atoms with Crippen LogP contribution in [-0.4, -0.2) is 45.4 Å². The maximum absolute atomic E-state index is 12.7.